The van der Waals surface area contributed by atoms with Gasteiger partial charge in [0, 0.05) is 12.6 Å². The average molecular weight is 404 g/mol. The minimum absolute atomic E-state index is 0.218. The van der Waals surface area contributed by atoms with Gasteiger partial charge in [0.25, 0.3) is 11.3 Å². The van der Waals surface area contributed by atoms with Gasteiger partial charge in [0.1, 0.15) is 5.75 Å². The van der Waals surface area contributed by atoms with Gasteiger partial charge in [0.2, 0.25) is 5.95 Å². The fourth-order valence-corrected chi connectivity index (χ4v) is 3.15. The highest BCUT2D eigenvalue weighted by Crippen LogP contribution is 2.23. The SMILES string of the molecule is CCc1ccc(CNc2nc3nc(CNc4ccccc4OC)cc(=O)n3[nH]2)cc1. The Bertz CT molecular complexity index is 1200. The second-order valence-corrected chi connectivity index (χ2v) is 6.87. The van der Waals surface area contributed by atoms with Crippen LogP contribution in [0.4, 0.5) is 11.6 Å². The number of aromatic amines is 1. The van der Waals surface area contributed by atoms with E-state index in [1.807, 2.05) is 24.3 Å². The smallest absolute Gasteiger partial charge is 0.274 e. The van der Waals surface area contributed by atoms with E-state index in [0.717, 1.165) is 23.4 Å². The molecule has 0 aliphatic carbocycles. The fourth-order valence-electron chi connectivity index (χ4n) is 3.15. The fraction of sp³-hybridized carbons (Fsp3) is 0.227. The van der Waals surface area contributed by atoms with Crippen molar-refractivity contribution in [1.82, 2.24) is 19.6 Å². The van der Waals surface area contributed by atoms with E-state index in [1.165, 1.54) is 16.1 Å². The molecule has 0 bridgehead atoms. The van der Waals surface area contributed by atoms with Crippen molar-refractivity contribution in [1.29, 1.82) is 0 Å². The number of fused-ring (bicyclic) bond motifs is 1. The summed E-state index contributed by atoms with van der Waals surface area (Å²) < 4.78 is 6.66. The van der Waals surface area contributed by atoms with E-state index in [0.29, 0.717) is 30.5 Å². The summed E-state index contributed by atoms with van der Waals surface area (Å²) in [7, 11) is 1.62. The van der Waals surface area contributed by atoms with Crippen molar-refractivity contribution < 1.29 is 4.74 Å². The average Bonchev–Trinajstić information content (AvgIpc) is 3.20. The largest absolute Gasteiger partial charge is 0.495 e. The maximum absolute atomic E-state index is 12.5. The van der Waals surface area contributed by atoms with Gasteiger partial charge in [-0.05, 0) is 29.7 Å². The van der Waals surface area contributed by atoms with Crippen LogP contribution in [0, 0.1) is 0 Å². The van der Waals surface area contributed by atoms with Crippen LogP contribution in [-0.2, 0) is 19.5 Å². The predicted molar refractivity (Wildman–Crippen MR) is 117 cm³/mol. The number of hydrogen-bond donors (Lipinski definition) is 3. The first-order valence-corrected chi connectivity index (χ1v) is 9.83. The van der Waals surface area contributed by atoms with Gasteiger partial charge < -0.3 is 15.4 Å². The summed E-state index contributed by atoms with van der Waals surface area (Å²) in [6.07, 6.45) is 1.01. The molecule has 8 heteroatoms. The Labute approximate surface area is 173 Å². The second-order valence-electron chi connectivity index (χ2n) is 6.87. The predicted octanol–water partition coefficient (Wildman–Crippen LogP) is 3.21. The Kier molecular flexibility index (Phi) is 5.65. The summed E-state index contributed by atoms with van der Waals surface area (Å²) in [6, 6.07) is 17.5. The van der Waals surface area contributed by atoms with Crippen LogP contribution in [0.1, 0.15) is 23.7 Å². The third-order valence-electron chi connectivity index (χ3n) is 4.84. The molecule has 0 spiro atoms. The standard InChI is InChI=1S/C22H24N6O2/c1-3-15-8-10-16(11-9-15)13-24-21-26-22-25-17(12-20(29)28(22)27-21)14-23-18-6-4-5-7-19(18)30-2/h4-12,23H,3,13-14H2,1-2H3,(H2,24,25,26,27). The lowest BCUT2D eigenvalue weighted by Gasteiger charge is -2.10. The number of anilines is 2. The monoisotopic (exact) mass is 404 g/mol. The normalized spacial score (nSPS) is 10.9. The molecule has 30 heavy (non-hydrogen) atoms. The Morgan fingerprint density at radius 1 is 1.00 bits per heavy atom. The van der Waals surface area contributed by atoms with Gasteiger partial charge >= 0.3 is 0 Å². The van der Waals surface area contributed by atoms with Crippen molar-refractivity contribution >= 4 is 17.4 Å². The summed E-state index contributed by atoms with van der Waals surface area (Å²) in [5, 5.41) is 9.41. The molecule has 0 unspecified atom stereocenters. The van der Waals surface area contributed by atoms with E-state index < -0.39 is 0 Å². The third-order valence-corrected chi connectivity index (χ3v) is 4.84. The Hall–Kier alpha value is -3.81. The second kappa shape index (κ2) is 8.69. The highest BCUT2D eigenvalue weighted by Gasteiger charge is 2.09. The van der Waals surface area contributed by atoms with Crippen LogP contribution in [0.15, 0.2) is 59.4 Å². The number of nitrogens with zero attached hydrogens (tertiary/aromatic N) is 3. The maximum atomic E-state index is 12.5. The van der Waals surface area contributed by atoms with E-state index in [4.69, 9.17) is 4.74 Å². The summed E-state index contributed by atoms with van der Waals surface area (Å²) in [5.74, 6) is 1.55. The van der Waals surface area contributed by atoms with Crippen molar-refractivity contribution in [3.8, 4) is 5.75 Å². The van der Waals surface area contributed by atoms with Crippen molar-refractivity contribution in [3.05, 3.63) is 81.8 Å². The van der Waals surface area contributed by atoms with Gasteiger partial charge in [-0.1, -0.05) is 43.3 Å². The van der Waals surface area contributed by atoms with Crippen LogP contribution in [0.25, 0.3) is 5.78 Å². The van der Waals surface area contributed by atoms with Gasteiger partial charge in [0.05, 0.1) is 25.0 Å². The molecule has 4 aromatic rings. The zero-order chi connectivity index (χ0) is 20.9. The molecule has 2 aromatic heterocycles. The molecular formula is C22H24N6O2. The Balaban J connectivity index is 1.47. The lowest BCUT2D eigenvalue weighted by Crippen LogP contribution is -2.17. The van der Waals surface area contributed by atoms with E-state index >= 15 is 0 Å². The molecule has 2 heterocycles. The number of ether oxygens (including phenoxy) is 1. The zero-order valence-corrected chi connectivity index (χ0v) is 17.0. The van der Waals surface area contributed by atoms with Crippen molar-refractivity contribution in [2.45, 2.75) is 26.4 Å². The van der Waals surface area contributed by atoms with Gasteiger partial charge in [-0.3, -0.25) is 9.89 Å². The molecule has 154 valence electrons. The van der Waals surface area contributed by atoms with Crippen molar-refractivity contribution in [3.63, 3.8) is 0 Å². The van der Waals surface area contributed by atoms with Gasteiger partial charge in [-0.15, -0.1) is 0 Å². The topological polar surface area (TPSA) is 96.3 Å². The van der Waals surface area contributed by atoms with Crippen LogP contribution in [0.5, 0.6) is 5.75 Å². The third kappa shape index (κ3) is 4.27. The molecule has 0 saturated heterocycles. The number of aromatic nitrogens is 4. The molecule has 0 aliphatic rings. The van der Waals surface area contributed by atoms with Crippen molar-refractivity contribution in [2.24, 2.45) is 0 Å². The first kappa shape index (κ1) is 19.5. The molecule has 0 atom stereocenters. The summed E-state index contributed by atoms with van der Waals surface area (Å²) in [6.45, 7) is 3.11. The zero-order valence-electron chi connectivity index (χ0n) is 17.0. The van der Waals surface area contributed by atoms with E-state index in [2.05, 4.69) is 56.9 Å². The van der Waals surface area contributed by atoms with E-state index in [9.17, 15) is 4.79 Å². The molecule has 8 nitrogen and oxygen atoms in total. The number of para-hydroxylation sites is 2. The minimum Gasteiger partial charge on any atom is -0.495 e. The van der Waals surface area contributed by atoms with Crippen LogP contribution in [0.3, 0.4) is 0 Å². The summed E-state index contributed by atoms with van der Waals surface area (Å²) in [4.78, 5) is 21.4. The highest BCUT2D eigenvalue weighted by molar-refractivity contribution is 5.56. The molecule has 0 radical (unpaired) electrons. The quantitative estimate of drug-likeness (QED) is 0.417. The van der Waals surface area contributed by atoms with Crippen LogP contribution >= 0.6 is 0 Å². The number of hydrogen-bond acceptors (Lipinski definition) is 6. The van der Waals surface area contributed by atoms with Crippen molar-refractivity contribution in [2.75, 3.05) is 17.7 Å². The molecule has 3 N–H and O–H groups in total. The lowest BCUT2D eigenvalue weighted by molar-refractivity contribution is 0.416. The van der Waals surface area contributed by atoms with E-state index in [-0.39, 0.29) is 5.56 Å². The van der Waals surface area contributed by atoms with Gasteiger partial charge in [-0.2, -0.15) is 9.50 Å². The number of aryl methyl sites for hydroxylation is 1. The minimum atomic E-state index is -0.218. The first-order valence-electron chi connectivity index (χ1n) is 9.83. The first-order chi connectivity index (χ1) is 14.7. The molecule has 0 amide bonds. The van der Waals surface area contributed by atoms with Crippen LogP contribution in [-0.4, -0.2) is 26.7 Å². The van der Waals surface area contributed by atoms with Gasteiger partial charge in [0.15, 0.2) is 0 Å². The van der Waals surface area contributed by atoms with Crippen LogP contribution in [0.2, 0.25) is 0 Å². The number of benzene rings is 2. The molecule has 0 fully saturated rings. The highest BCUT2D eigenvalue weighted by atomic mass is 16.5. The molecule has 2 aromatic carbocycles. The van der Waals surface area contributed by atoms with Gasteiger partial charge in [-0.25, -0.2) is 4.98 Å². The van der Waals surface area contributed by atoms with E-state index in [1.54, 1.807) is 7.11 Å². The molecule has 4 rings (SSSR count). The molecule has 0 aliphatic heterocycles. The summed E-state index contributed by atoms with van der Waals surface area (Å²) in [5.41, 5.74) is 3.64. The maximum Gasteiger partial charge on any atom is 0.274 e. The molecule has 0 saturated carbocycles. The number of H-pyrrole nitrogens is 1. The Morgan fingerprint density at radius 2 is 1.77 bits per heavy atom. The van der Waals surface area contributed by atoms with Crippen LogP contribution < -0.4 is 20.9 Å². The molecular weight excluding hydrogens is 380 g/mol. The summed E-state index contributed by atoms with van der Waals surface area (Å²) >= 11 is 0. The number of nitrogens with one attached hydrogen (secondary N) is 3. The number of rotatable bonds is 8. The Morgan fingerprint density at radius 3 is 2.53 bits per heavy atom. The lowest BCUT2D eigenvalue weighted by atomic mass is 10.1. The number of methoxy groups -OCH3 is 1.